The van der Waals surface area contributed by atoms with E-state index in [1.165, 1.54) is 5.56 Å². The van der Waals surface area contributed by atoms with Crippen molar-refractivity contribution in [1.29, 1.82) is 0 Å². The van der Waals surface area contributed by atoms with E-state index in [-0.39, 0.29) is 11.8 Å². The van der Waals surface area contributed by atoms with Crippen LogP contribution in [0.25, 0.3) is 0 Å². The Morgan fingerprint density at radius 1 is 1.21 bits per heavy atom. The van der Waals surface area contributed by atoms with Crippen LogP contribution in [0.2, 0.25) is 0 Å². The summed E-state index contributed by atoms with van der Waals surface area (Å²) in [6, 6.07) is 8.43. The number of hydrogen-bond acceptors (Lipinski definition) is 4. The molecule has 1 amide bonds. The van der Waals surface area contributed by atoms with Crippen molar-refractivity contribution in [1.82, 2.24) is 16.0 Å². The number of guanidine groups is 1. The SMILES string of the molecule is CC(C)Cc1ccc(C(C)C(=O)NCCCNC2=NCCN2)cc1. The van der Waals surface area contributed by atoms with Crippen LogP contribution in [0.5, 0.6) is 0 Å². The summed E-state index contributed by atoms with van der Waals surface area (Å²) in [5, 5.41) is 9.40. The number of rotatable bonds is 8. The molecule has 0 bridgehead atoms. The van der Waals surface area contributed by atoms with E-state index in [1.807, 2.05) is 6.92 Å². The highest BCUT2D eigenvalue weighted by molar-refractivity contribution is 5.83. The molecule has 1 aliphatic rings. The number of amides is 1. The minimum atomic E-state index is -0.119. The Hall–Kier alpha value is -2.04. The summed E-state index contributed by atoms with van der Waals surface area (Å²) in [5.74, 6) is 1.49. The molecule has 24 heavy (non-hydrogen) atoms. The summed E-state index contributed by atoms with van der Waals surface area (Å²) in [4.78, 5) is 16.5. The number of nitrogens with one attached hydrogen (secondary N) is 3. The maximum Gasteiger partial charge on any atom is 0.227 e. The van der Waals surface area contributed by atoms with Crippen LogP contribution < -0.4 is 16.0 Å². The lowest BCUT2D eigenvalue weighted by atomic mass is 9.96. The average molecular weight is 330 g/mol. The molecular weight excluding hydrogens is 300 g/mol. The molecule has 1 unspecified atom stereocenters. The Labute approximate surface area is 145 Å². The molecule has 3 N–H and O–H groups in total. The van der Waals surface area contributed by atoms with Crippen LogP contribution in [0.3, 0.4) is 0 Å². The van der Waals surface area contributed by atoms with E-state index in [4.69, 9.17) is 0 Å². The van der Waals surface area contributed by atoms with E-state index in [1.54, 1.807) is 0 Å². The van der Waals surface area contributed by atoms with Crippen molar-refractivity contribution in [2.75, 3.05) is 26.2 Å². The van der Waals surface area contributed by atoms with Gasteiger partial charge in [-0.2, -0.15) is 0 Å². The second-order valence-corrected chi connectivity index (χ2v) is 6.79. The van der Waals surface area contributed by atoms with E-state index in [2.05, 4.69) is 59.1 Å². The minimum absolute atomic E-state index is 0.0861. The summed E-state index contributed by atoms with van der Waals surface area (Å²) in [5.41, 5.74) is 2.40. The van der Waals surface area contributed by atoms with Crippen molar-refractivity contribution in [3.63, 3.8) is 0 Å². The molecule has 0 saturated heterocycles. The lowest BCUT2D eigenvalue weighted by molar-refractivity contribution is -0.122. The van der Waals surface area contributed by atoms with Gasteiger partial charge < -0.3 is 16.0 Å². The first-order valence-corrected chi connectivity index (χ1v) is 8.95. The van der Waals surface area contributed by atoms with Gasteiger partial charge in [-0.15, -0.1) is 0 Å². The molecule has 0 spiro atoms. The highest BCUT2D eigenvalue weighted by Crippen LogP contribution is 2.17. The van der Waals surface area contributed by atoms with E-state index < -0.39 is 0 Å². The minimum Gasteiger partial charge on any atom is -0.356 e. The lowest BCUT2D eigenvalue weighted by Gasteiger charge is -2.14. The van der Waals surface area contributed by atoms with Gasteiger partial charge in [-0.3, -0.25) is 9.79 Å². The zero-order valence-corrected chi connectivity index (χ0v) is 15.1. The molecular formula is C19H30N4O. The highest BCUT2D eigenvalue weighted by atomic mass is 16.1. The molecule has 0 fully saturated rings. The number of aliphatic imine (C=N–C) groups is 1. The maximum atomic E-state index is 12.3. The standard InChI is InChI=1S/C19H30N4O/c1-14(2)13-16-5-7-17(8-6-16)15(3)18(24)20-9-4-10-21-19-22-11-12-23-19/h5-8,14-15H,4,9-13H2,1-3H3,(H,20,24)(H2,21,22,23). The van der Waals surface area contributed by atoms with E-state index in [0.29, 0.717) is 12.5 Å². The molecule has 0 aromatic heterocycles. The Bertz CT molecular complexity index is 551. The Morgan fingerprint density at radius 2 is 1.96 bits per heavy atom. The quantitative estimate of drug-likeness (QED) is 0.639. The topological polar surface area (TPSA) is 65.5 Å². The Kier molecular flexibility index (Phi) is 7.09. The average Bonchev–Trinajstić information content (AvgIpc) is 3.07. The lowest BCUT2D eigenvalue weighted by Crippen LogP contribution is -2.36. The van der Waals surface area contributed by atoms with E-state index in [9.17, 15) is 4.79 Å². The fraction of sp³-hybridized carbons (Fsp3) is 0.579. The molecule has 1 aromatic rings. The van der Waals surface area contributed by atoms with Gasteiger partial charge in [0.25, 0.3) is 0 Å². The van der Waals surface area contributed by atoms with Crippen molar-refractivity contribution in [3.8, 4) is 0 Å². The summed E-state index contributed by atoms with van der Waals surface area (Å²) in [6.45, 7) is 9.63. The van der Waals surface area contributed by atoms with Gasteiger partial charge in [-0.05, 0) is 36.8 Å². The second kappa shape index (κ2) is 9.30. The van der Waals surface area contributed by atoms with Crippen molar-refractivity contribution in [2.45, 2.75) is 39.5 Å². The van der Waals surface area contributed by atoms with Gasteiger partial charge in [0.15, 0.2) is 5.96 Å². The third-order valence-corrected chi connectivity index (χ3v) is 4.14. The molecule has 0 aliphatic carbocycles. The van der Waals surface area contributed by atoms with Crippen molar-refractivity contribution < 1.29 is 4.79 Å². The van der Waals surface area contributed by atoms with Crippen LogP contribution in [0.4, 0.5) is 0 Å². The van der Waals surface area contributed by atoms with Crippen molar-refractivity contribution >= 4 is 11.9 Å². The predicted molar refractivity (Wildman–Crippen MR) is 99.3 cm³/mol. The number of hydrogen-bond donors (Lipinski definition) is 3. The summed E-state index contributed by atoms with van der Waals surface area (Å²) in [7, 11) is 0. The van der Waals surface area contributed by atoms with Crippen LogP contribution in [0, 0.1) is 5.92 Å². The number of carbonyl (C=O) groups is 1. The van der Waals surface area contributed by atoms with Gasteiger partial charge in [0.2, 0.25) is 5.91 Å². The zero-order chi connectivity index (χ0) is 17.4. The van der Waals surface area contributed by atoms with Gasteiger partial charge in [0.05, 0.1) is 12.5 Å². The summed E-state index contributed by atoms with van der Waals surface area (Å²) >= 11 is 0. The van der Waals surface area contributed by atoms with Gasteiger partial charge in [-0.1, -0.05) is 38.1 Å². The molecule has 2 rings (SSSR count). The largest absolute Gasteiger partial charge is 0.356 e. The van der Waals surface area contributed by atoms with Crippen LogP contribution in [0.15, 0.2) is 29.3 Å². The summed E-state index contributed by atoms with van der Waals surface area (Å²) < 4.78 is 0. The van der Waals surface area contributed by atoms with Crippen LogP contribution in [-0.2, 0) is 11.2 Å². The number of nitrogens with zero attached hydrogens (tertiary/aromatic N) is 1. The van der Waals surface area contributed by atoms with Crippen LogP contribution in [0.1, 0.15) is 44.2 Å². The van der Waals surface area contributed by atoms with Gasteiger partial charge in [0, 0.05) is 19.6 Å². The molecule has 5 heteroatoms. The molecule has 5 nitrogen and oxygen atoms in total. The summed E-state index contributed by atoms with van der Waals surface area (Å²) in [6.07, 6.45) is 1.96. The number of benzene rings is 1. The van der Waals surface area contributed by atoms with Crippen LogP contribution in [-0.4, -0.2) is 38.0 Å². The molecule has 1 aliphatic heterocycles. The highest BCUT2D eigenvalue weighted by Gasteiger charge is 2.14. The molecule has 0 saturated carbocycles. The molecule has 1 heterocycles. The zero-order valence-electron chi connectivity index (χ0n) is 15.1. The third kappa shape index (κ3) is 5.87. The maximum absolute atomic E-state index is 12.3. The first-order valence-electron chi connectivity index (χ1n) is 8.95. The fourth-order valence-corrected chi connectivity index (χ4v) is 2.74. The Morgan fingerprint density at radius 3 is 2.58 bits per heavy atom. The first kappa shape index (κ1) is 18.3. The third-order valence-electron chi connectivity index (χ3n) is 4.14. The molecule has 1 atom stereocenters. The van der Waals surface area contributed by atoms with Gasteiger partial charge in [0.1, 0.15) is 0 Å². The molecule has 0 radical (unpaired) electrons. The molecule has 1 aromatic carbocycles. The number of carbonyl (C=O) groups excluding carboxylic acids is 1. The van der Waals surface area contributed by atoms with Crippen molar-refractivity contribution in [3.05, 3.63) is 35.4 Å². The predicted octanol–water partition coefficient (Wildman–Crippen LogP) is 2.04. The van der Waals surface area contributed by atoms with Crippen molar-refractivity contribution in [2.24, 2.45) is 10.9 Å². The van der Waals surface area contributed by atoms with Gasteiger partial charge in [-0.25, -0.2) is 0 Å². The van der Waals surface area contributed by atoms with E-state index >= 15 is 0 Å². The first-order chi connectivity index (χ1) is 11.6. The fourth-order valence-electron chi connectivity index (χ4n) is 2.74. The normalized spacial score (nSPS) is 14.9. The smallest absolute Gasteiger partial charge is 0.227 e. The molecule has 132 valence electrons. The second-order valence-electron chi connectivity index (χ2n) is 6.79. The van der Waals surface area contributed by atoms with E-state index in [0.717, 1.165) is 44.0 Å². The van der Waals surface area contributed by atoms with Gasteiger partial charge >= 0.3 is 0 Å². The van der Waals surface area contributed by atoms with Crippen LogP contribution >= 0.6 is 0 Å². The Balaban J connectivity index is 1.69. The monoisotopic (exact) mass is 330 g/mol.